The van der Waals surface area contributed by atoms with Crippen LogP contribution in [-0.2, 0) is 0 Å². The van der Waals surface area contributed by atoms with Crippen LogP contribution in [0.3, 0.4) is 0 Å². The number of nitriles is 1. The van der Waals surface area contributed by atoms with Gasteiger partial charge in [-0.2, -0.15) is 5.26 Å². The van der Waals surface area contributed by atoms with Crippen LogP contribution in [0.4, 0.5) is 0 Å². The standard InChI is InChI=1S/C12H12ClN/c1-2-10(8-13)7-11-3-5-12(9-14)6-4-11/h3-7H,2,8H2,1H3/b10-7-. The Morgan fingerprint density at radius 2 is 2.07 bits per heavy atom. The number of rotatable bonds is 3. The van der Waals surface area contributed by atoms with Crippen molar-refractivity contribution in [2.75, 3.05) is 5.88 Å². The van der Waals surface area contributed by atoms with Gasteiger partial charge in [-0.3, -0.25) is 0 Å². The third-order valence-corrected chi connectivity index (χ3v) is 2.38. The lowest BCUT2D eigenvalue weighted by Gasteiger charge is -1.99. The van der Waals surface area contributed by atoms with E-state index in [1.807, 2.05) is 24.3 Å². The van der Waals surface area contributed by atoms with E-state index < -0.39 is 0 Å². The second-order valence-corrected chi connectivity index (χ2v) is 3.29. The lowest BCUT2D eigenvalue weighted by atomic mass is 10.1. The minimum Gasteiger partial charge on any atom is -0.192 e. The van der Waals surface area contributed by atoms with Gasteiger partial charge in [-0.25, -0.2) is 0 Å². The number of nitrogens with zero attached hydrogens (tertiary/aromatic N) is 1. The average Bonchev–Trinajstić information content (AvgIpc) is 2.26. The summed E-state index contributed by atoms with van der Waals surface area (Å²) >= 11 is 5.76. The van der Waals surface area contributed by atoms with Crippen molar-refractivity contribution in [1.29, 1.82) is 5.26 Å². The summed E-state index contributed by atoms with van der Waals surface area (Å²) in [6, 6.07) is 9.58. The van der Waals surface area contributed by atoms with Gasteiger partial charge in [-0.15, -0.1) is 11.6 Å². The molecule has 2 heteroatoms. The maximum atomic E-state index is 8.62. The Morgan fingerprint density at radius 3 is 2.50 bits per heavy atom. The predicted octanol–water partition coefficient (Wildman–Crippen LogP) is 3.59. The SMILES string of the molecule is CC/C(=C/c1ccc(C#N)cc1)CCl. The Labute approximate surface area is 89.6 Å². The van der Waals surface area contributed by atoms with Gasteiger partial charge in [-0.1, -0.05) is 30.7 Å². The van der Waals surface area contributed by atoms with E-state index in [2.05, 4.69) is 19.1 Å². The summed E-state index contributed by atoms with van der Waals surface area (Å²) in [5.41, 5.74) is 2.99. The van der Waals surface area contributed by atoms with Crippen LogP contribution in [0.5, 0.6) is 0 Å². The molecule has 0 aliphatic carbocycles. The molecule has 72 valence electrons. The summed E-state index contributed by atoms with van der Waals surface area (Å²) in [7, 11) is 0. The zero-order valence-electron chi connectivity index (χ0n) is 8.13. The Bertz CT molecular complexity index is 351. The van der Waals surface area contributed by atoms with Crippen molar-refractivity contribution < 1.29 is 0 Å². The summed E-state index contributed by atoms with van der Waals surface area (Å²) in [6.45, 7) is 2.08. The van der Waals surface area contributed by atoms with Crippen LogP contribution in [0.1, 0.15) is 24.5 Å². The van der Waals surface area contributed by atoms with Crippen LogP contribution >= 0.6 is 11.6 Å². The van der Waals surface area contributed by atoms with Gasteiger partial charge in [0.1, 0.15) is 0 Å². The number of allylic oxidation sites excluding steroid dienone is 1. The van der Waals surface area contributed by atoms with Crippen molar-refractivity contribution in [1.82, 2.24) is 0 Å². The van der Waals surface area contributed by atoms with Crippen molar-refractivity contribution in [3.63, 3.8) is 0 Å². The van der Waals surface area contributed by atoms with E-state index in [0.717, 1.165) is 12.0 Å². The molecule has 0 radical (unpaired) electrons. The molecule has 1 nitrogen and oxygen atoms in total. The number of hydrogen-bond acceptors (Lipinski definition) is 1. The van der Waals surface area contributed by atoms with E-state index >= 15 is 0 Å². The quantitative estimate of drug-likeness (QED) is 0.692. The fourth-order valence-electron chi connectivity index (χ4n) is 1.12. The minimum absolute atomic E-state index is 0.566. The average molecular weight is 206 g/mol. The van der Waals surface area contributed by atoms with E-state index in [1.165, 1.54) is 5.57 Å². The van der Waals surface area contributed by atoms with Gasteiger partial charge in [0.25, 0.3) is 0 Å². The Balaban J connectivity index is 2.88. The number of halogens is 1. The predicted molar refractivity (Wildman–Crippen MR) is 60.1 cm³/mol. The molecule has 0 aromatic heterocycles. The molecule has 0 heterocycles. The van der Waals surface area contributed by atoms with Crippen LogP contribution in [0.2, 0.25) is 0 Å². The minimum atomic E-state index is 0.566. The first kappa shape index (κ1) is 10.8. The Kier molecular flexibility index (Phi) is 4.22. The second-order valence-electron chi connectivity index (χ2n) is 3.02. The van der Waals surface area contributed by atoms with Gasteiger partial charge in [0, 0.05) is 5.88 Å². The van der Waals surface area contributed by atoms with Crippen molar-refractivity contribution in [2.45, 2.75) is 13.3 Å². The van der Waals surface area contributed by atoms with E-state index in [-0.39, 0.29) is 0 Å². The first-order chi connectivity index (χ1) is 6.80. The van der Waals surface area contributed by atoms with Crippen LogP contribution in [0, 0.1) is 11.3 Å². The fourth-order valence-corrected chi connectivity index (χ4v) is 1.39. The summed E-state index contributed by atoms with van der Waals surface area (Å²) in [6.07, 6.45) is 3.03. The van der Waals surface area contributed by atoms with E-state index in [1.54, 1.807) is 0 Å². The van der Waals surface area contributed by atoms with E-state index in [0.29, 0.717) is 11.4 Å². The molecule has 0 aliphatic heterocycles. The van der Waals surface area contributed by atoms with Crippen LogP contribution < -0.4 is 0 Å². The van der Waals surface area contributed by atoms with Crippen LogP contribution in [0.25, 0.3) is 6.08 Å². The van der Waals surface area contributed by atoms with Gasteiger partial charge in [0.2, 0.25) is 0 Å². The molecule has 0 saturated heterocycles. The smallest absolute Gasteiger partial charge is 0.0991 e. The maximum absolute atomic E-state index is 8.62. The molecule has 0 N–H and O–H groups in total. The van der Waals surface area contributed by atoms with Crippen molar-refractivity contribution in [3.05, 3.63) is 41.0 Å². The molecule has 0 unspecified atom stereocenters. The first-order valence-corrected chi connectivity index (χ1v) is 5.09. The molecule has 14 heavy (non-hydrogen) atoms. The molecule has 0 aliphatic rings. The summed E-state index contributed by atoms with van der Waals surface area (Å²) in [4.78, 5) is 0. The zero-order valence-corrected chi connectivity index (χ0v) is 8.88. The number of benzene rings is 1. The van der Waals surface area contributed by atoms with Crippen LogP contribution in [0.15, 0.2) is 29.8 Å². The lowest BCUT2D eigenvalue weighted by molar-refractivity contribution is 1.12. The van der Waals surface area contributed by atoms with E-state index in [9.17, 15) is 0 Å². The molecule has 0 amide bonds. The largest absolute Gasteiger partial charge is 0.192 e. The highest BCUT2D eigenvalue weighted by Gasteiger charge is 1.94. The van der Waals surface area contributed by atoms with E-state index in [4.69, 9.17) is 16.9 Å². The summed E-state index contributed by atoms with van der Waals surface area (Å²) in [5, 5.41) is 8.62. The van der Waals surface area contributed by atoms with Crippen molar-refractivity contribution >= 4 is 17.7 Å². The van der Waals surface area contributed by atoms with Gasteiger partial charge in [0.15, 0.2) is 0 Å². The third-order valence-electron chi connectivity index (χ3n) is 2.04. The summed E-state index contributed by atoms with van der Waals surface area (Å²) in [5.74, 6) is 0.566. The highest BCUT2D eigenvalue weighted by molar-refractivity contribution is 6.19. The molecule has 0 saturated carbocycles. The number of alkyl halides is 1. The second kappa shape index (κ2) is 5.47. The monoisotopic (exact) mass is 205 g/mol. The topological polar surface area (TPSA) is 23.8 Å². The molecule has 0 spiro atoms. The Morgan fingerprint density at radius 1 is 1.43 bits per heavy atom. The summed E-state index contributed by atoms with van der Waals surface area (Å²) < 4.78 is 0. The Hall–Kier alpha value is -1.26. The zero-order chi connectivity index (χ0) is 10.4. The first-order valence-electron chi connectivity index (χ1n) is 4.55. The molecule has 0 atom stereocenters. The van der Waals surface area contributed by atoms with Crippen LogP contribution in [-0.4, -0.2) is 5.88 Å². The molecule has 1 aromatic carbocycles. The highest BCUT2D eigenvalue weighted by Crippen LogP contribution is 2.11. The maximum Gasteiger partial charge on any atom is 0.0991 e. The number of hydrogen-bond donors (Lipinski definition) is 0. The molecule has 0 bridgehead atoms. The van der Waals surface area contributed by atoms with Gasteiger partial charge < -0.3 is 0 Å². The molecule has 1 rings (SSSR count). The van der Waals surface area contributed by atoms with Gasteiger partial charge >= 0.3 is 0 Å². The molecule has 0 fully saturated rings. The molecular weight excluding hydrogens is 194 g/mol. The van der Waals surface area contributed by atoms with Gasteiger partial charge in [0.05, 0.1) is 11.6 Å². The normalized spacial score (nSPS) is 11.1. The third kappa shape index (κ3) is 2.90. The highest BCUT2D eigenvalue weighted by atomic mass is 35.5. The van der Waals surface area contributed by atoms with Crippen molar-refractivity contribution in [3.8, 4) is 6.07 Å². The molecular formula is C12H12ClN. The molecule has 1 aromatic rings. The van der Waals surface area contributed by atoms with Gasteiger partial charge in [-0.05, 0) is 24.1 Å². The lowest BCUT2D eigenvalue weighted by Crippen LogP contribution is -1.83. The van der Waals surface area contributed by atoms with Crippen molar-refractivity contribution in [2.24, 2.45) is 0 Å². The fraction of sp³-hybridized carbons (Fsp3) is 0.250.